The van der Waals surface area contributed by atoms with Crippen molar-refractivity contribution in [1.82, 2.24) is 4.72 Å². The maximum atomic E-state index is 11.9. The van der Waals surface area contributed by atoms with E-state index in [4.69, 9.17) is 5.11 Å². The van der Waals surface area contributed by atoms with Gasteiger partial charge in [0, 0.05) is 5.56 Å². The molecule has 1 aromatic carbocycles. The lowest BCUT2D eigenvalue weighted by Crippen LogP contribution is -2.28. The molecule has 2 N–H and O–H groups in total. The van der Waals surface area contributed by atoms with Gasteiger partial charge >= 0.3 is 5.97 Å². The van der Waals surface area contributed by atoms with Crippen LogP contribution in [0.2, 0.25) is 0 Å². The van der Waals surface area contributed by atoms with E-state index in [2.05, 4.69) is 30.9 Å². The van der Waals surface area contributed by atoms with Crippen molar-refractivity contribution < 1.29 is 18.3 Å². The lowest BCUT2D eigenvalue weighted by Gasteiger charge is -2.00. The van der Waals surface area contributed by atoms with Gasteiger partial charge in [0.2, 0.25) is 0 Å². The predicted octanol–water partition coefficient (Wildman–Crippen LogP) is 2.85. The molecule has 5 nitrogen and oxygen atoms in total. The predicted molar refractivity (Wildman–Crippen MR) is 98.2 cm³/mol. The van der Waals surface area contributed by atoms with E-state index in [1.54, 1.807) is 6.07 Å². The Hall–Kier alpha value is -2.14. The lowest BCUT2D eigenvalue weighted by atomic mass is 10.1. The van der Waals surface area contributed by atoms with Crippen molar-refractivity contribution >= 4 is 27.3 Å². The van der Waals surface area contributed by atoms with Crippen LogP contribution in [-0.2, 0) is 21.2 Å². The maximum Gasteiger partial charge on any atom is 0.318 e. The zero-order chi connectivity index (χ0) is 18.3. The van der Waals surface area contributed by atoms with E-state index in [1.807, 2.05) is 16.9 Å². The van der Waals surface area contributed by atoms with Crippen LogP contribution in [-0.4, -0.2) is 26.0 Å². The Labute approximate surface area is 151 Å². The van der Waals surface area contributed by atoms with E-state index >= 15 is 0 Å². The van der Waals surface area contributed by atoms with Crippen molar-refractivity contribution in [3.63, 3.8) is 0 Å². The van der Waals surface area contributed by atoms with Crippen LogP contribution in [0.1, 0.15) is 35.8 Å². The first-order chi connectivity index (χ1) is 11.9. The molecule has 0 bridgehead atoms. The molecule has 0 aliphatic rings. The molecule has 2 rings (SSSR count). The van der Waals surface area contributed by atoms with Gasteiger partial charge in [0.15, 0.2) is 0 Å². The summed E-state index contributed by atoms with van der Waals surface area (Å²) in [5.41, 5.74) is 2.14. The minimum Gasteiger partial charge on any atom is -0.480 e. The molecular weight excluding hydrogens is 358 g/mol. The molecule has 0 aliphatic heterocycles. The summed E-state index contributed by atoms with van der Waals surface area (Å²) in [7, 11) is -3.81. The molecule has 0 radical (unpaired) electrons. The fourth-order valence-corrected chi connectivity index (χ4v) is 4.21. The van der Waals surface area contributed by atoms with Crippen LogP contribution >= 0.6 is 11.3 Å². The summed E-state index contributed by atoms with van der Waals surface area (Å²) < 4.78 is 25.9. The zero-order valence-corrected chi connectivity index (χ0v) is 15.4. The highest BCUT2D eigenvalue weighted by molar-refractivity contribution is 7.91. The van der Waals surface area contributed by atoms with Crippen LogP contribution in [0.3, 0.4) is 0 Å². The molecule has 0 saturated heterocycles. The van der Waals surface area contributed by atoms with E-state index < -0.39 is 22.5 Å². The molecule has 0 fully saturated rings. The number of aryl methyl sites for hydroxylation is 1. The van der Waals surface area contributed by atoms with E-state index in [9.17, 15) is 13.2 Å². The van der Waals surface area contributed by atoms with E-state index in [-0.39, 0.29) is 4.21 Å². The van der Waals surface area contributed by atoms with Gasteiger partial charge in [-0.2, -0.15) is 4.72 Å². The van der Waals surface area contributed by atoms with Crippen molar-refractivity contribution in [2.45, 2.75) is 30.4 Å². The monoisotopic (exact) mass is 377 g/mol. The molecule has 0 unspecified atom stereocenters. The average Bonchev–Trinajstić information content (AvgIpc) is 3.07. The highest BCUT2D eigenvalue weighted by Gasteiger charge is 2.17. The van der Waals surface area contributed by atoms with Gasteiger partial charge in [-0.25, -0.2) is 8.42 Å². The molecule has 132 valence electrons. The first-order valence-corrected chi connectivity index (χ1v) is 10.1. The lowest BCUT2D eigenvalue weighted by molar-refractivity contribution is -0.135. The van der Waals surface area contributed by atoms with Crippen molar-refractivity contribution in [3.8, 4) is 11.8 Å². The fraction of sp³-hybridized carbons (Fsp3) is 0.278. The first-order valence-electron chi connectivity index (χ1n) is 7.83. The maximum absolute atomic E-state index is 11.9. The molecule has 25 heavy (non-hydrogen) atoms. The van der Waals surface area contributed by atoms with Crippen molar-refractivity contribution in [2.75, 3.05) is 6.54 Å². The number of thiophene rings is 1. The highest BCUT2D eigenvalue weighted by Crippen LogP contribution is 2.20. The Bertz CT molecular complexity index is 887. The summed E-state index contributed by atoms with van der Waals surface area (Å²) in [6, 6.07) is 11.1. The number of carboxylic acids is 1. The Balaban J connectivity index is 2.06. The van der Waals surface area contributed by atoms with Gasteiger partial charge < -0.3 is 5.11 Å². The Morgan fingerprint density at radius 3 is 2.52 bits per heavy atom. The Kier molecular flexibility index (Phi) is 6.76. The van der Waals surface area contributed by atoms with E-state index in [0.717, 1.165) is 36.2 Å². The number of nitrogens with one attached hydrogen (secondary N) is 1. The second-order valence-electron chi connectivity index (χ2n) is 5.39. The van der Waals surface area contributed by atoms with Crippen molar-refractivity contribution in [2.24, 2.45) is 0 Å². The van der Waals surface area contributed by atoms with Crippen LogP contribution in [0.25, 0.3) is 0 Å². The van der Waals surface area contributed by atoms with Crippen LogP contribution < -0.4 is 4.72 Å². The third-order valence-electron chi connectivity index (χ3n) is 3.36. The van der Waals surface area contributed by atoms with Crippen molar-refractivity contribution in [1.29, 1.82) is 0 Å². The van der Waals surface area contributed by atoms with Crippen LogP contribution in [0.15, 0.2) is 40.6 Å². The number of carbonyl (C=O) groups is 1. The fourth-order valence-electron chi connectivity index (χ4n) is 2.03. The van der Waals surface area contributed by atoms with Gasteiger partial charge in [-0.3, -0.25) is 4.79 Å². The molecule has 2 aromatic rings. The summed E-state index contributed by atoms with van der Waals surface area (Å²) in [4.78, 5) is 11.1. The van der Waals surface area contributed by atoms with Gasteiger partial charge in [-0.15, -0.1) is 11.3 Å². The molecule has 0 saturated carbocycles. The normalized spacial score (nSPS) is 10.9. The van der Waals surface area contributed by atoms with Crippen LogP contribution in [0.4, 0.5) is 0 Å². The van der Waals surface area contributed by atoms with Gasteiger partial charge in [-0.05, 0) is 42.7 Å². The molecule has 0 amide bonds. The standard InChI is InChI=1S/C18H19NO4S2/c1-2-3-4-14-5-7-15(8-6-14)9-10-16-11-12-18(24-16)25(22,23)19-13-17(20)21/h5-8,11-12,19H,2-4,13H2,1H3,(H,20,21). The second kappa shape index (κ2) is 8.81. The molecule has 1 aromatic heterocycles. The number of hydrogen-bond donors (Lipinski definition) is 2. The van der Waals surface area contributed by atoms with Gasteiger partial charge in [0.05, 0.1) is 4.88 Å². The second-order valence-corrected chi connectivity index (χ2v) is 8.47. The minimum atomic E-state index is -3.81. The Morgan fingerprint density at radius 2 is 1.88 bits per heavy atom. The summed E-state index contributed by atoms with van der Waals surface area (Å²) in [5.74, 6) is 4.72. The molecule has 1 heterocycles. The molecular formula is C18H19NO4S2. The number of sulfonamides is 1. The van der Waals surface area contributed by atoms with Crippen molar-refractivity contribution in [3.05, 3.63) is 52.4 Å². The van der Waals surface area contributed by atoms with Gasteiger partial charge in [-0.1, -0.05) is 37.3 Å². The largest absolute Gasteiger partial charge is 0.480 e. The zero-order valence-electron chi connectivity index (χ0n) is 13.8. The number of hydrogen-bond acceptors (Lipinski definition) is 4. The third-order valence-corrected chi connectivity index (χ3v) is 6.26. The summed E-state index contributed by atoms with van der Waals surface area (Å²) in [6.45, 7) is 1.51. The minimum absolute atomic E-state index is 0.0490. The quantitative estimate of drug-likeness (QED) is 0.727. The number of benzene rings is 1. The number of aliphatic carboxylic acids is 1. The highest BCUT2D eigenvalue weighted by atomic mass is 32.2. The average molecular weight is 377 g/mol. The third kappa shape index (κ3) is 6.02. The SMILES string of the molecule is CCCCc1ccc(C#Cc2ccc(S(=O)(=O)NCC(=O)O)s2)cc1. The molecule has 7 heteroatoms. The summed E-state index contributed by atoms with van der Waals surface area (Å²) in [6.07, 6.45) is 3.37. The Morgan fingerprint density at radius 1 is 1.16 bits per heavy atom. The molecule has 0 atom stereocenters. The van der Waals surface area contributed by atoms with Gasteiger partial charge in [0.25, 0.3) is 10.0 Å². The van der Waals surface area contributed by atoms with Crippen LogP contribution in [0, 0.1) is 11.8 Å². The first kappa shape index (κ1) is 19.2. The summed E-state index contributed by atoms with van der Waals surface area (Å²) in [5, 5.41) is 8.56. The molecule has 0 spiro atoms. The molecule has 0 aliphatic carbocycles. The smallest absolute Gasteiger partial charge is 0.318 e. The topological polar surface area (TPSA) is 83.5 Å². The summed E-state index contributed by atoms with van der Waals surface area (Å²) >= 11 is 1.01. The number of unbranched alkanes of at least 4 members (excludes halogenated alkanes) is 1. The van der Waals surface area contributed by atoms with Gasteiger partial charge in [0.1, 0.15) is 10.8 Å². The van der Waals surface area contributed by atoms with E-state index in [0.29, 0.717) is 4.88 Å². The number of carboxylic acid groups (broad SMARTS) is 1. The van der Waals surface area contributed by atoms with Crippen LogP contribution in [0.5, 0.6) is 0 Å². The number of rotatable bonds is 7. The van der Waals surface area contributed by atoms with E-state index in [1.165, 1.54) is 11.6 Å².